The van der Waals surface area contributed by atoms with Gasteiger partial charge in [0, 0.05) is 19.2 Å². The third kappa shape index (κ3) is 3.33. The highest BCUT2D eigenvalue weighted by molar-refractivity contribution is 7.89. The average Bonchev–Trinajstić information content (AvgIpc) is 3.19. The van der Waals surface area contributed by atoms with Crippen molar-refractivity contribution in [2.75, 3.05) is 0 Å². The minimum Gasteiger partial charge on any atom is -0.399 e. The van der Waals surface area contributed by atoms with E-state index >= 15 is 0 Å². The Labute approximate surface area is 176 Å². The van der Waals surface area contributed by atoms with Gasteiger partial charge >= 0.3 is 7.12 Å². The fourth-order valence-corrected chi connectivity index (χ4v) is 5.20. The topological polar surface area (TPSA) is 99.0 Å². The van der Waals surface area contributed by atoms with Crippen LogP contribution >= 0.6 is 0 Å². The van der Waals surface area contributed by atoms with E-state index < -0.39 is 39.0 Å². The van der Waals surface area contributed by atoms with Crippen LogP contribution in [-0.4, -0.2) is 36.0 Å². The van der Waals surface area contributed by atoms with E-state index in [9.17, 15) is 18.5 Å². The first-order valence-corrected chi connectivity index (χ1v) is 11.1. The van der Waals surface area contributed by atoms with Crippen molar-refractivity contribution in [1.29, 1.82) is 0 Å². The molecule has 0 saturated carbocycles. The molecule has 0 unspecified atom stereocenters. The van der Waals surface area contributed by atoms with Crippen molar-refractivity contribution in [3.8, 4) is 0 Å². The van der Waals surface area contributed by atoms with Crippen LogP contribution in [0.25, 0.3) is 0 Å². The quantitative estimate of drug-likeness (QED) is 0.420. The second kappa shape index (κ2) is 6.88. The van der Waals surface area contributed by atoms with Gasteiger partial charge < -0.3 is 9.31 Å². The summed E-state index contributed by atoms with van der Waals surface area (Å²) in [5.41, 5.74) is 1.14. The molecular weight excluding hydrogens is 407 g/mol. The predicted octanol–water partition coefficient (Wildman–Crippen LogP) is 2.60. The van der Waals surface area contributed by atoms with Crippen LogP contribution < -0.4 is 5.46 Å². The van der Waals surface area contributed by atoms with E-state index in [1.807, 2.05) is 45.9 Å². The van der Waals surface area contributed by atoms with Crippen LogP contribution in [0.2, 0.25) is 0 Å². The summed E-state index contributed by atoms with van der Waals surface area (Å²) in [7, 11) is -4.56. The van der Waals surface area contributed by atoms with Crippen LogP contribution in [0, 0.1) is 10.1 Å². The monoisotopic (exact) mass is 430 g/mol. The van der Waals surface area contributed by atoms with Gasteiger partial charge in [-0.25, -0.2) is 8.42 Å². The highest BCUT2D eigenvalue weighted by Gasteiger charge is 2.52. The van der Waals surface area contributed by atoms with Crippen molar-refractivity contribution in [3.63, 3.8) is 0 Å². The minimum absolute atomic E-state index is 0.136. The van der Waals surface area contributed by atoms with E-state index in [4.69, 9.17) is 9.31 Å². The highest BCUT2D eigenvalue weighted by Crippen LogP contribution is 2.37. The van der Waals surface area contributed by atoms with Crippen molar-refractivity contribution in [2.24, 2.45) is 0 Å². The molecule has 0 bridgehead atoms. The third-order valence-corrected chi connectivity index (χ3v) is 7.97. The highest BCUT2D eigenvalue weighted by atomic mass is 32.2. The smallest absolute Gasteiger partial charge is 0.399 e. The van der Waals surface area contributed by atoms with Crippen LogP contribution in [0.5, 0.6) is 0 Å². The zero-order valence-corrected chi connectivity index (χ0v) is 18.1. The Balaban J connectivity index is 1.61. The molecule has 158 valence electrons. The van der Waals surface area contributed by atoms with Gasteiger partial charge in [0.15, 0.2) is 4.90 Å². The fourth-order valence-electron chi connectivity index (χ4n) is 3.64. The standard InChI is InChI=1S/C20H23BN2O6S/c1-19(2)20(3,4)29-21(28-19)16-10-9-14-12-22(13-15(14)11-16)30(26,27)18-8-6-5-7-17(18)23(24)25/h5-11H,12-13H2,1-4H3. The molecule has 0 spiro atoms. The molecule has 10 heteroatoms. The Kier molecular flexibility index (Phi) is 4.81. The SMILES string of the molecule is CC1(C)OB(c2ccc3c(c2)CN(S(=O)(=O)c2ccccc2[N+](=O)[O-])C3)OC1(C)C. The molecule has 1 saturated heterocycles. The molecule has 2 aromatic rings. The molecule has 0 N–H and O–H groups in total. The van der Waals surface area contributed by atoms with Gasteiger partial charge in [-0.15, -0.1) is 0 Å². The first kappa shape index (κ1) is 21.0. The normalized spacial score (nSPS) is 20.3. The number of nitro groups is 1. The molecule has 0 amide bonds. The van der Waals surface area contributed by atoms with Crippen molar-refractivity contribution in [1.82, 2.24) is 4.31 Å². The number of para-hydroxylation sites is 1. The summed E-state index contributed by atoms with van der Waals surface area (Å²) in [5.74, 6) is 0. The van der Waals surface area contributed by atoms with Crippen LogP contribution in [0.3, 0.4) is 0 Å². The van der Waals surface area contributed by atoms with Crippen LogP contribution in [0.4, 0.5) is 5.69 Å². The summed E-state index contributed by atoms with van der Waals surface area (Å²) >= 11 is 0. The number of nitro benzene ring substituents is 1. The summed E-state index contributed by atoms with van der Waals surface area (Å²) in [6.45, 7) is 8.19. The maximum absolute atomic E-state index is 13.1. The second-order valence-electron chi connectivity index (χ2n) is 8.61. The number of hydrogen-bond donors (Lipinski definition) is 0. The number of benzene rings is 2. The van der Waals surface area contributed by atoms with Crippen LogP contribution in [0.1, 0.15) is 38.8 Å². The molecule has 0 radical (unpaired) electrons. The van der Waals surface area contributed by atoms with Gasteiger partial charge in [-0.2, -0.15) is 4.31 Å². The number of hydrogen-bond acceptors (Lipinski definition) is 6. The molecule has 1 fully saturated rings. The van der Waals surface area contributed by atoms with E-state index in [1.54, 1.807) is 0 Å². The Hall–Kier alpha value is -2.27. The van der Waals surface area contributed by atoms with E-state index in [0.29, 0.717) is 0 Å². The van der Waals surface area contributed by atoms with Crippen LogP contribution in [-0.2, 0) is 32.4 Å². The van der Waals surface area contributed by atoms with Gasteiger partial charge in [0.2, 0.25) is 0 Å². The summed E-state index contributed by atoms with van der Waals surface area (Å²) in [5, 5.41) is 11.3. The number of fused-ring (bicyclic) bond motifs is 1. The molecule has 0 atom stereocenters. The minimum atomic E-state index is -4.02. The van der Waals surface area contributed by atoms with E-state index in [-0.39, 0.29) is 18.0 Å². The van der Waals surface area contributed by atoms with E-state index in [0.717, 1.165) is 16.6 Å². The first-order chi connectivity index (χ1) is 13.9. The molecule has 2 aliphatic rings. The lowest BCUT2D eigenvalue weighted by atomic mass is 9.78. The van der Waals surface area contributed by atoms with E-state index in [2.05, 4.69) is 0 Å². The Morgan fingerprint density at radius 1 is 1.00 bits per heavy atom. The number of rotatable bonds is 4. The number of nitrogens with zero attached hydrogens (tertiary/aromatic N) is 2. The second-order valence-corrected chi connectivity index (χ2v) is 10.5. The number of sulfonamides is 1. The van der Waals surface area contributed by atoms with Gasteiger partial charge in [-0.05, 0) is 50.4 Å². The zero-order chi connectivity index (χ0) is 21.9. The van der Waals surface area contributed by atoms with Crippen LogP contribution in [0.15, 0.2) is 47.4 Å². The molecular formula is C20H23BN2O6S. The summed E-state index contributed by atoms with van der Waals surface area (Å²) in [6.07, 6.45) is 0. The summed E-state index contributed by atoms with van der Waals surface area (Å²) < 4.78 is 39.7. The average molecular weight is 430 g/mol. The van der Waals surface area contributed by atoms with Gasteiger partial charge in [-0.3, -0.25) is 10.1 Å². The van der Waals surface area contributed by atoms with Gasteiger partial charge in [0.25, 0.3) is 15.7 Å². The lowest BCUT2D eigenvalue weighted by Crippen LogP contribution is -2.41. The first-order valence-electron chi connectivity index (χ1n) is 9.63. The molecule has 2 aromatic carbocycles. The molecule has 2 aliphatic heterocycles. The molecule has 30 heavy (non-hydrogen) atoms. The van der Waals surface area contributed by atoms with Crippen molar-refractivity contribution < 1.29 is 22.6 Å². The van der Waals surface area contributed by atoms with Gasteiger partial charge in [0.05, 0.1) is 16.1 Å². The van der Waals surface area contributed by atoms with Gasteiger partial charge in [0.1, 0.15) is 0 Å². The van der Waals surface area contributed by atoms with Crippen molar-refractivity contribution >= 4 is 28.3 Å². The largest absolute Gasteiger partial charge is 0.494 e. The third-order valence-electron chi connectivity index (χ3n) is 6.13. The summed E-state index contributed by atoms with van der Waals surface area (Å²) in [6, 6.07) is 11.0. The maximum Gasteiger partial charge on any atom is 0.494 e. The Morgan fingerprint density at radius 3 is 2.23 bits per heavy atom. The van der Waals surface area contributed by atoms with E-state index in [1.165, 1.54) is 28.6 Å². The lowest BCUT2D eigenvalue weighted by molar-refractivity contribution is -0.387. The van der Waals surface area contributed by atoms with Gasteiger partial charge in [-0.1, -0.05) is 30.3 Å². The summed E-state index contributed by atoms with van der Waals surface area (Å²) in [4.78, 5) is 10.3. The molecule has 0 aromatic heterocycles. The fraction of sp³-hybridized carbons (Fsp3) is 0.400. The molecule has 2 heterocycles. The Bertz CT molecular complexity index is 1120. The Morgan fingerprint density at radius 2 is 1.60 bits per heavy atom. The molecule has 8 nitrogen and oxygen atoms in total. The molecule has 0 aliphatic carbocycles. The zero-order valence-electron chi connectivity index (χ0n) is 17.3. The molecule has 4 rings (SSSR count). The maximum atomic E-state index is 13.1. The predicted molar refractivity (Wildman–Crippen MR) is 112 cm³/mol. The van der Waals surface area contributed by atoms with Crippen molar-refractivity contribution in [2.45, 2.75) is 56.9 Å². The lowest BCUT2D eigenvalue weighted by Gasteiger charge is -2.32. The van der Waals surface area contributed by atoms with Crippen molar-refractivity contribution in [3.05, 3.63) is 63.7 Å².